The lowest BCUT2D eigenvalue weighted by Crippen LogP contribution is -2.27. The van der Waals surface area contributed by atoms with E-state index in [4.69, 9.17) is 13.9 Å². The lowest BCUT2D eigenvalue weighted by molar-refractivity contribution is -0.113. The number of furan rings is 1. The Labute approximate surface area is 183 Å². The van der Waals surface area contributed by atoms with Crippen molar-refractivity contribution in [1.29, 1.82) is 0 Å². The molecule has 4 rings (SSSR count). The molecular weight excluding hydrogens is 418 g/mol. The molecule has 3 aromatic rings. The van der Waals surface area contributed by atoms with Crippen LogP contribution in [0.3, 0.4) is 0 Å². The molecule has 1 atom stereocenters. The molecule has 2 N–H and O–H groups in total. The molecule has 8 nitrogen and oxygen atoms in total. The van der Waals surface area contributed by atoms with E-state index in [1.807, 2.05) is 26.0 Å². The van der Waals surface area contributed by atoms with Gasteiger partial charge in [-0.2, -0.15) is 0 Å². The van der Waals surface area contributed by atoms with Gasteiger partial charge in [-0.25, -0.2) is 4.98 Å². The van der Waals surface area contributed by atoms with E-state index in [0.717, 1.165) is 5.76 Å². The zero-order valence-corrected chi connectivity index (χ0v) is 17.8. The quantitative estimate of drug-likeness (QED) is 0.538. The highest BCUT2D eigenvalue weighted by Crippen LogP contribution is 2.34. The molecule has 0 saturated heterocycles. The number of benzene rings is 1. The number of anilines is 1. The molecule has 0 radical (unpaired) electrons. The van der Waals surface area contributed by atoms with Crippen LogP contribution in [0.2, 0.25) is 0 Å². The fraction of sp³-hybridized carbons (Fsp3) is 0.227. The summed E-state index contributed by atoms with van der Waals surface area (Å²) in [5.74, 6) is 2.28. The Morgan fingerprint density at radius 1 is 1.16 bits per heavy atom. The number of aromatic nitrogens is 1. The monoisotopic (exact) mass is 439 g/mol. The van der Waals surface area contributed by atoms with Crippen LogP contribution in [0.1, 0.15) is 34.8 Å². The van der Waals surface area contributed by atoms with Crippen LogP contribution in [0.5, 0.6) is 11.5 Å². The Bertz CT molecular complexity index is 1110. The lowest BCUT2D eigenvalue weighted by Gasteiger charge is -2.13. The molecule has 1 aliphatic rings. The van der Waals surface area contributed by atoms with Gasteiger partial charge in [-0.15, -0.1) is 0 Å². The van der Waals surface area contributed by atoms with Crippen LogP contribution in [-0.4, -0.2) is 29.3 Å². The number of nitrogens with one attached hydrogen (secondary N) is 2. The highest BCUT2D eigenvalue weighted by atomic mass is 32.2. The van der Waals surface area contributed by atoms with Gasteiger partial charge in [0.15, 0.2) is 11.5 Å². The number of ether oxygens (including phenoxy) is 2. The van der Waals surface area contributed by atoms with Gasteiger partial charge in [0, 0.05) is 18.0 Å². The number of carbonyl (C=O) groups excluding carboxylic acids is 2. The molecule has 3 heterocycles. The molecule has 1 aliphatic heterocycles. The first kappa shape index (κ1) is 20.8. The van der Waals surface area contributed by atoms with E-state index in [1.54, 1.807) is 36.5 Å². The maximum absolute atomic E-state index is 12.8. The molecule has 1 aromatic carbocycles. The molecule has 0 saturated carbocycles. The highest BCUT2D eigenvalue weighted by molar-refractivity contribution is 8.00. The van der Waals surface area contributed by atoms with E-state index in [1.165, 1.54) is 11.8 Å². The van der Waals surface area contributed by atoms with Crippen molar-refractivity contribution in [3.8, 4) is 11.5 Å². The number of nitrogens with zero attached hydrogens (tertiary/aromatic N) is 1. The van der Waals surface area contributed by atoms with Gasteiger partial charge < -0.3 is 24.5 Å². The normalized spacial score (nSPS) is 13.0. The summed E-state index contributed by atoms with van der Waals surface area (Å²) in [5.41, 5.74) is 1.01. The lowest BCUT2D eigenvalue weighted by atomic mass is 10.2. The first-order valence-corrected chi connectivity index (χ1v) is 10.6. The third kappa shape index (κ3) is 5.00. The smallest absolute Gasteiger partial charge is 0.254 e. The van der Waals surface area contributed by atoms with Gasteiger partial charge >= 0.3 is 0 Å². The summed E-state index contributed by atoms with van der Waals surface area (Å²) in [6, 6.07) is 12.0. The molecule has 0 bridgehead atoms. The van der Waals surface area contributed by atoms with Crippen molar-refractivity contribution in [3.05, 3.63) is 65.7 Å². The summed E-state index contributed by atoms with van der Waals surface area (Å²) in [6.45, 7) is 3.87. The van der Waals surface area contributed by atoms with Crippen LogP contribution >= 0.6 is 11.8 Å². The average molecular weight is 439 g/mol. The van der Waals surface area contributed by atoms with E-state index >= 15 is 0 Å². The second-order valence-corrected chi connectivity index (χ2v) is 7.87. The molecule has 1 unspecified atom stereocenters. The summed E-state index contributed by atoms with van der Waals surface area (Å²) in [6.07, 6.45) is 1.59. The minimum atomic E-state index is -0.298. The van der Waals surface area contributed by atoms with Crippen molar-refractivity contribution in [2.45, 2.75) is 24.9 Å². The largest absolute Gasteiger partial charge is 0.464 e. The summed E-state index contributed by atoms with van der Waals surface area (Å²) in [7, 11) is 0. The Hall–Kier alpha value is -3.46. The van der Waals surface area contributed by atoms with Gasteiger partial charge in [-0.3, -0.25) is 9.59 Å². The third-order valence-corrected chi connectivity index (χ3v) is 5.55. The van der Waals surface area contributed by atoms with Crippen LogP contribution in [0.25, 0.3) is 0 Å². The topological polar surface area (TPSA) is 103 Å². The molecular formula is C22H21N3O5S. The summed E-state index contributed by atoms with van der Waals surface area (Å²) in [5, 5.41) is 6.19. The number of fused-ring (bicyclic) bond motifs is 1. The summed E-state index contributed by atoms with van der Waals surface area (Å²) in [4.78, 5) is 29.4. The first-order chi connectivity index (χ1) is 15.0. The number of thioether (sulfide) groups is 1. The van der Waals surface area contributed by atoms with Crippen molar-refractivity contribution in [1.82, 2.24) is 10.3 Å². The Morgan fingerprint density at radius 2 is 2.00 bits per heavy atom. The Morgan fingerprint density at radius 3 is 2.81 bits per heavy atom. The van der Waals surface area contributed by atoms with Crippen LogP contribution in [0.4, 0.5) is 5.69 Å². The van der Waals surface area contributed by atoms with E-state index in [2.05, 4.69) is 15.6 Å². The van der Waals surface area contributed by atoms with E-state index < -0.39 is 0 Å². The van der Waals surface area contributed by atoms with Gasteiger partial charge in [0.25, 0.3) is 5.91 Å². The van der Waals surface area contributed by atoms with Crippen LogP contribution < -0.4 is 20.1 Å². The van der Waals surface area contributed by atoms with Crippen LogP contribution in [0, 0.1) is 6.92 Å². The van der Waals surface area contributed by atoms with Crippen molar-refractivity contribution in [3.63, 3.8) is 0 Å². The fourth-order valence-corrected chi connectivity index (χ4v) is 3.81. The van der Waals surface area contributed by atoms with Crippen molar-refractivity contribution >= 4 is 29.3 Å². The third-order valence-electron chi connectivity index (χ3n) is 4.55. The summed E-state index contributed by atoms with van der Waals surface area (Å²) < 4.78 is 16.2. The first-order valence-electron chi connectivity index (χ1n) is 9.64. The zero-order valence-electron chi connectivity index (χ0n) is 17.0. The Kier molecular flexibility index (Phi) is 6.13. The van der Waals surface area contributed by atoms with Crippen molar-refractivity contribution < 1.29 is 23.5 Å². The van der Waals surface area contributed by atoms with Gasteiger partial charge in [-0.05, 0) is 50.2 Å². The second kappa shape index (κ2) is 9.13. The van der Waals surface area contributed by atoms with Crippen LogP contribution in [-0.2, 0) is 4.79 Å². The number of pyridine rings is 1. The molecule has 0 aliphatic carbocycles. The van der Waals surface area contributed by atoms with Gasteiger partial charge in [-0.1, -0.05) is 11.8 Å². The second-order valence-electron chi connectivity index (χ2n) is 6.90. The number of carbonyl (C=O) groups is 2. The molecule has 0 fully saturated rings. The molecule has 9 heteroatoms. The van der Waals surface area contributed by atoms with E-state index in [9.17, 15) is 9.59 Å². The fourth-order valence-electron chi connectivity index (χ4n) is 3.02. The number of hydrogen-bond donors (Lipinski definition) is 2. The number of rotatable bonds is 7. The highest BCUT2D eigenvalue weighted by Gasteiger charge is 2.19. The molecule has 2 amide bonds. The molecule has 31 heavy (non-hydrogen) atoms. The van der Waals surface area contributed by atoms with Crippen molar-refractivity contribution in [2.75, 3.05) is 17.9 Å². The average Bonchev–Trinajstić information content (AvgIpc) is 3.41. The minimum absolute atomic E-state index is 0.0959. The number of aryl methyl sites for hydroxylation is 1. The predicted molar refractivity (Wildman–Crippen MR) is 115 cm³/mol. The van der Waals surface area contributed by atoms with Crippen molar-refractivity contribution in [2.24, 2.45) is 0 Å². The SMILES string of the molecule is Cc1ccc(C(C)NC(=O)c2cccnc2SCC(=O)Nc2ccc3c(c2)OCO3)o1. The summed E-state index contributed by atoms with van der Waals surface area (Å²) >= 11 is 1.19. The van der Waals surface area contributed by atoms with E-state index in [0.29, 0.717) is 33.5 Å². The predicted octanol–water partition coefficient (Wildman–Crippen LogP) is 3.93. The van der Waals surface area contributed by atoms with Gasteiger partial charge in [0.2, 0.25) is 12.7 Å². The van der Waals surface area contributed by atoms with Gasteiger partial charge in [0.05, 0.1) is 17.4 Å². The number of hydrogen-bond acceptors (Lipinski definition) is 7. The van der Waals surface area contributed by atoms with Crippen LogP contribution in [0.15, 0.2) is 58.1 Å². The Balaban J connectivity index is 1.36. The van der Waals surface area contributed by atoms with Gasteiger partial charge in [0.1, 0.15) is 16.5 Å². The number of amides is 2. The molecule has 160 valence electrons. The molecule has 2 aromatic heterocycles. The molecule has 0 spiro atoms. The standard InChI is InChI=1S/C22H21N3O5S/c1-13-5-7-17(30-13)14(2)24-21(27)16-4-3-9-23-22(16)31-11-20(26)25-15-6-8-18-19(10-15)29-12-28-18/h3-10,14H,11-12H2,1-2H3,(H,24,27)(H,25,26). The minimum Gasteiger partial charge on any atom is -0.464 e. The zero-order chi connectivity index (χ0) is 21.8. The maximum atomic E-state index is 12.8. The maximum Gasteiger partial charge on any atom is 0.254 e. The van der Waals surface area contributed by atoms with E-state index in [-0.39, 0.29) is 30.4 Å².